The Kier molecular flexibility index (Phi) is 4.58. The molecule has 4 rings (SSSR count). The number of benzene rings is 2. The molecule has 0 aliphatic carbocycles. The molecule has 0 spiro atoms. The monoisotopic (exact) mass is 382 g/mol. The van der Waals surface area contributed by atoms with Gasteiger partial charge in [-0.15, -0.1) is 0 Å². The summed E-state index contributed by atoms with van der Waals surface area (Å²) in [6.07, 6.45) is 0.350. The molecule has 1 unspecified atom stereocenters. The third-order valence-electron chi connectivity index (χ3n) is 4.66. The zero-order valence-electron chi connectivity index (χ0n) is 15.1. The summed E-state index contributed by atoms with van der Waals surface area (Å²) in [6, 6.07) is 15.2. The number of hydrogen-bond acceptors (Lipinski definition) is 5. The van der Waals surface area contributed by atoms with Crippen LogP contribution in [0.25, 0.3) is 11.5 Å². The molecule has 1 aliphatic rings. The van der Waals surface area contributed by atoms with Crippen LogP contribution in [0.15, 0.2) is 53.1 Å². The average molecular weight is 383 g/mol. The van der Waals surface area contributed by atoms with E-state index >= 15 is 0 Å². The maximum absolute atomic E-state index is 12.5. The molecule has 7 heteroatoms. The van der Waals surface area contributed by atoms with Crippen LogP contribution >= 0.6 is 11.6 Å². The molecule has 0 N–H and O–H groups in total. The zero-order valence-corrected chi connectivity index (χ0v) is 15.8. The van der Waals surface area contributed by atoms with Crippen LogP contribution in [0.5, 0.6) is 0 Å². The fourth-order valence-electron chi connectivity index (χ4n) is 3.21. The lowest BCUT2D eigenvalue weighted by Crippen LogP contribution is -2.24. The van der Waals surface area contributed by atoms with E-state index in [1.54, 1.807) is 17.0 Å². The largest absolute Gasteiger partial charge is 0.378 e. The number of carbonyl (C=O) groups excluding carboxylic acids is 1. The maximum Gasteiger partial charge on any atom is 0.258 e. The van der Waals surface area contributed by atoms with Gasteiger partial charge in [-0.2, -0.15) is 4.98 Å². The predicted octanol–water partition coefficient (Wildman–Crippen LogP) is 3.98. The molecule has 0 radical (unpaired) electrons. The van der Waals surface area contributed by atoms with Gasteiger partial charge in [-0.1, -0.05) is 28.9 Å². The van der Waals surface area contributed by atoms with Crippen LogP contribution in [-0.4, -0.2) is 36.7 Å². The summed E-state index contributed by atoms with van der Waals surface area (Å²) >= 11 is 6.05. The van der Waals surface area contributed by atoms with E-state index in [0.29, 0.717) is 29.7 Å². The van der Waals surface area contributed by atoms with Crippen LogP contribution in [0.4, 0.5) is 11.4 Å². The van der Waals surface area contributed by atoms with E-state index in [1.807, 2.05) is 55.4 Å². The van der Waals surface area contributed by atoms with Crippen LogP contribution in [0.2, 0.25) is 5.02 Å². The molecule has 1 atom stereocenters. The van der Waals surface area contributed by atoms with E-state index in [-0.39, 0.29) is 11.8 Å². The number of anilines is 2. The lowest BCUT2D eigenvalue weighted by atomic mass is 10.1. The highest BCUT2D eigenvalue weighted by atomic mass is 35.5. The Hall–Kier alpha value is -2.86. The van der Waals surface area contributed by atoms with E-state index in [0.717, 1.165) is 16.9 Å². The number of aromatic nitrogens is 2. The number of hydrogen-bond donors (Lipinski definition) is 0. The van der Waals surface area contributed by atoms with Crippen LogP contribution in [0, 0.1) is 0 Å². The quantitative estimate of drug-likeness (QED) is 0.683. The van der Waals surface area contributed by atoms with Gasteiger partial charge in [-0.05, 0) is 36.4 Å². The van der Waals surface area contributed by atoms with Crippen LogP contribution in [0.3, 0.4) is 0 Å². The minimum atomic E-state index is -0.106. The maximum atomic E-state index is 12.5. The molecule has 0 saturated carbocycles. The molecule has 6 nitrogen and oxygen atoms in total. The lowest BCUT2D eigenvalue weighted by Gasteiger charge is -2.16. The zero-order chi connectivity index (χ0) is 19.0. The van der Waals surface area contributed by atoms with Crippen molar-refractivity contribution in [2.45, 2.75) is 12.3 Å². The normalized spacial score (nSPS) is 16.8. The number of rotatable bonds is 4. The molecule has 2 aromatic carbocycles. The molecule has 1 aliphatic heterocycles. The first-order valence-corrected chi connectivity index (χ1v) is 9.06. The number of halogens is 1. The summed E-state index contributed by atoms with van der Waals surface area (Å²) in [5, 5.41) is 4.73. The second-order valence-electron chi connectivity index (χ2n) is 6.79. The van der Waals surface area contributed by atoms with E-state index < -0.39 is 0 Å². The van der Waals surface area contributed by atoms with E-state index in [4.69, 9.17) is 16.1 Å². The van der Waals surface area contributed by atoms with Crippen LogP contribution < -0.4 is 9.80 Å². The van der Waals surface area contributed by atoms with Crippen molar-refractivity contribution in [2.24, 2.45) is 0 Å². The molecule has 1 aromatic heterocycles. The van der Waals surface area contributed by atoms with Gasteiger partial charge in [-0.3, -0.25) is 4.79 Å². The van der Waals surface area contributed by atoms with Gasteiger partial charge < -0.3 is 14.3 Å². The first-order valence-electron chi connectivity index (χ1n) is 8.68. The van der Waals surface area contributed by atoms with E-state index in [2.05, 4.69) is 10.1 Å². The second-order valence-corrected chi connectivity index (χ2v) is 7.22. The SMILES string of the molecule is CN(C)c1cccc(-c2nc(C3CC(=O)N(c4cccc(Cl)c4)C3)no2)c1. The Morgan fingerprint density at radius 3 is 2.78 bits per heavy atom. The molecule has 1 saturated heterocycles. The van der Waals surface area contributed by atoms with Crippen molar-refractivity contribution in [1.29, 1.82) is 0 Å². The van der Waals surface area contributed by atoms with Gasteiger partial charge in [0.1, 0.15) is 0 Å². The molecule has 2 heterocycles. The smallest absolute Gasteiger partial charge is 0.258 e. The van der Waals surface area contributed by atoms with Gasteiger partial charge in [0.2, 0.25) is 5.91 Å². The second kappa shape index (κ2) is 7.04. The molecule has 0 bridgehead atoms. The van der Waals surface area contributed by atoms with Gasteiger partial charge in [0, 0.05) is 54.9 Å². The molecule has 138 valence electrons. The van der Waals surface area contributed by atoms with Crippen LogP contribution in [-0.2, 0) is 4.79 Å². The van der Waals surface area contributed by atoms with Gasteiger partial charge in [0.05, 0.1) is 0 Å². The Morgan fingerprint density at radius 2 is 2.00 bits per heavy atom. The summed E-state index contributed by atoms with van der Waals surface area (Å²) in [5.74, 6) is 0.940. The third-order valence-corrected chi connectivity index (χ3v) is 4.90. The summed E-state index contributed by atoms with van der Waals surface area (Å²) < 4.78 is 5.46. The van der Waals surface area contributed by atoms with Crippen molar-refractivity contribution < 1.29 is 9.32 Å². The van der Waals surface area contributed by atoms with Gasteiger partial charge in [0.25, 0.3) is 5.89 Å². The number of amides is 1. The molecule has 27 heavy (non-hydrogen) atoms. The number of nitrogens with zero attached hydrogens (tertiary/aromatic N) is 4. The summed E-state index contributed by atoms with van der Waals surface area (Å²) in [7, 11) is 3.96. The Labute approximate surface area is 162 Å². The molecular weight excluding hydrogens is 364 g/mol. The first kappa shape index (κ1) is 17.5. The average Bonchev–Trinajstić information content (AvgIpc) is 3.28. The lowest BCUT2D eigenvalue weighted by molar-refractivity contribution is -0.117. The van der Waals surface area contributed by atoms with E-state index in [9.17, 15) is 4.79 Å². The van der Waals surface area contributed by atoms with Crippen molar-refractivity contribution in [3.05, 3.63) is 59.4 Å². The number of carbonyl (C=O) groups is 1. The topological polar surface area (TPSA) is 62.5 Å². The predicted molar refractivity (Wildman–Crippen MR) is 105 cm³/mol. The van der Waals surface area contributed by atoms with Crippen molar-refractivity contribution in [3.63, 3.8) is 0 Å². The van der Waals surface area contributed by atoms with Crippen LogP contribution in [0.1, 0.15) is 18.2 Å². The van der Waals surface area contributed by atoms with Crippen molar-refractivity contribution >= 4 is 28.9 Å². The highest BCUT2D eigenvalue weighted by molar-refractivity contribution is 6.30. The van der Waals surface area contributed by atoms with Gasteiger partial charge in [-0.25, -0.2) is 0 Å². The Bertz CT molecular complexity index is 985. The van der Waals surface area contributed by atoms with Crippen molar-refractivity contribution in [2.75, 3.05) is 30.4 Å². The minimum Gasteiger partial charge on any atom is -0.378 e. The molecule has 1 fully saturated rings. The first-order chi connectivity index (χ1) is 13.0. The minimum absolute atomic E-state index is 0.0308. The fourth-order valence-corrected chi connectivity index (χ4v) is 3.39. The highest BCUT2D eigenvalue weighted by Crippen LogP contribution is 2.32. The fraction of sp³-hybridized carbons (Fsp3) is 0.250. The molecule has 3 aromatic rings. The molecular formula is C20H19ClN4O2. The molecule has 1 amide bonds. The van der Waals surface area contributed by atoms with Crippen molar-refractivity contribution in [1.82, 2.24) is 10.1 Å². The Morgan fingerprint density at radius 1 is 1.19 bits per heavy atom. The summed E-state index contributed by atoms with van der Waals surface area (Å²) in [6.45, 7) is 0.510. The third kappa shape index (κ3) is 3.53. The standard InChI is InChI=1S/C20H19ClN4O2/c1-24(2)16-7-3-5-13(9-16)20-22-19(23-27-20)14-10-18(26)25(12-14)17-8-4-6-15(21)11-17/h3-9,11,14H,10,12H2,1-2H3. The summed E-state index contributed by atoms with van der Waals surface area (Å²) in [4.78, 5) is 20.7. The Balaban J connectivity index is 1.56. The van der Waals surface area contributed by atoms with Gasteiger partial charge >= 0.3 is 0 Å². The highest BCUT2D eigenvalue weighted by Gasteiger charge is 2.34. The van der Waals surface area contributed by atoms with Gasteiger partial charge in [0.15, 0.2) is 5.82 Å². The summed E-state index contributed by atoms with van der Waals surface area (Å²) in [5.41, 5.74) is 2.70. The van der Waals surface area contributed by atoms with E-state index in [1.165, 1.54) is 0 Å². The van der Waals surface area contributed by atoms with Crippen molar-refractivity contribution in [3.8, 4) is 11.5 Å².